The summed E-state index contributed by atoms with van der Waals surface area (Å²) < 4.78 is 11.2. The normalized spacial score (nSPS) is 17.1. The lowest BCUT2D eigenvalue weighted by Crippen LogP contribution is -2.44. The average molecular weight is 278 g/mol. The molecule has 0 fully saturated rings. The monoisotopic (exact) mass is 278 g/mol. The van der Waals surface area contributed by atoms with Gasteiger partial charge in [0.05, 0.1) is 0 Å². The van der Waals surface area contributed by atoms with E-state index in [9.17, 15) is 4.79 Å². The summed E-state index contributed by atoms with van der Waals surface area (Å²) in [4.78, 5) is 12.0. The minimum Gasteiger partial charge on any atom is -0.485 e. The summed E-state index contributed by atoms with van der Waals surface area (Å²) in [7, 11) is 0. The van der Waals surface area contributed by atoms with Crippen LogP contribution in [0.3, 0.4) is 0 Å². The molecule has 0 radical (unpaired) electrons. The van der Waals surface area contributed by atoms with Crippen molar-refractivity contribution in [3.63, 3.8) is 0 Å². The largest absolute Gasteiger partial charge is 0.485 e. The fourth-order valence-electron chi connectivity index (χ4n) is 1.95. The molecule has 2 rings (SSSR count). The fraction of sp³-hybridized carbons (Fsp3) is 0.533. The second-order valence-electron chi connectivity index (χ2n) is 5.12. The number of carbonyl (C=O) groups is 1. The average Bonchev–Trinajstić information content (AvgIpc) is 2.46. The number of fused-ring (bicyclic) bond motifs is 1. The van der Waals surface area contributed by atoms with Crippen molar-refractivity contribution in [3.05, 3.63) is 24.3 Å². The number of hydrogen-bond donors (Lipinski definition) is 2. The van der Waals surface area contributed by atoms with Crippen LogP contribution in [0.25, 0.3) is 0 Å². The standard InChI is InChI=1S/C15H22N2O3/c1-11(2)16-8-5-9-17-15(18)14-10-19-12-6-3-4-7-13(12)20-14/h3-4,6-7,11,14,16H,5,8-10H2,1-2H3,(H,17,18)/t14-/m0/s1. The first-order chi connectivity index (χ1) is 9.66. The Kier molecular flexibility index (Phi) is 5.24. The van der Waals surface area contributed by atoms with Crippen LogP contribution in [0.5, 0.6) is 11.5 Å². The first-order valence-electron chi connectivity index (χ1n) is 7.06. The summed E-state index contributed by atoms with van der Waals surface area (Å²) in [6.07, 6.45) is 0.330. The van der Waals surface area contributed by atoms with Crippen LogP contribution < -0.4 is 20.1 Å². The maximum Gasteiger partial charge on any atom is 0.264 e. The Morgan fingerprint density at radius 2 is 2.05 bits per heavy atom. The number of para-hydroxylation sites is 2. The summed E-state index contributed by atoms with van der Waals surface area (Å²) in [5.74, 6) is 1.20. The van der Waals surface area contributed by atoms with E-state index in [4.69, 9.17) is 9.47 Å². The van der Waals surface area contributed by atoms with E-state index in [-0.39, 0.29) is 12.5 Å². The van der Waals surface area contributed by atoms with E-state index in [0.717, 1.165) is 13.0 Å². The molecule has 0 aliphatic carbocycles. The molecule has 5 heteroatoms. The molecule has 1 aliphatic rings. The third-order valence-electron chi connectivity index (χ3n) is 3.01. The van der Waals surface area contributed by atoms with Gasteiger partial charge < -0.3 is 20.1 Å². The Morgan fingerprint density at radius 3 is 2.80 bits per heavy atom. The highest BCUT2D eigenvalue weighted by Gasteiger charge is 2.26. The molecule has 20 heavy (non-hydrogen) atoms. The van der Waals surface area contributed by atoms with Crippen molar-refractivity contribution in [2.75, 3.05) is 19.7 Å². The summed E-state index contributed by atoms with van der Waals surface area (Å²) in [5.41, 5.74) is 0. The topological polar surface area (TPSA) is 59.6 Å². The highest BCUT2D eigenvalue weighted by atomic mass is 16.6. The summed E-state index contributed by atoms with van der Waals surface area (Å²) >= 11 is 0. The van der Waals surface area contributed by atoms with E-state index in [1.165, 1.54) is 0 Å². The Hall–Kier alpha value is -1.75. The van der Waals surface area contributed by atoms with Crippen LogP contribution in [0.4, 0.5) is 0 Å². The predicted octanol–water partition coefficient (Wildman–Crippen LogP) is 1.33. The zero-order valence-corrected chi connectivity index (χ0v) is 12.0. The van der Waals surface area contributed by atoms with Crippen LogP contribution >= 0.6 is 0 Å². The zero-order valence-electron chi connectivity index (χ0n) is 12.0. The van der Waals surface area contributed by atoms with E-state index >= 15 is 0 Å². The predicted molar refractivity (Wildman–Crippen MR) is 77.1 cm³/mol. The van der Waals surface area contributed by atoms with Crippen LogP contribution in [0.15, 0.2) is 24.3 Å². The Balaban J connectivity index is 1.72. The first-order valence-corrected chi connectivity index (χ1v) is 7.06. The Bertz CT molecular complexity index is 448. The van der Waals surface area contributed by atoms with Gasteiger partial charge in [-0.3, -0.25) is 4.79 Å². The van der Waals surface area contributed by atoms with Crippen LogP contribution in [-0.2, 0) is 4.79 Å². The molecule has 2 N–H and O–H groups in total. The number of hydrogen-bond acceptors (Lipinski definition) is 4. The molecule has 0 unspecified atom stereocenters. The first kappa shape index (κ1) is 14.7. The number of nitrogens with one attached hydrogen (secondary N) is 2. The third kappa shape index (κ3) is 4.13. The SMILES string of the molecule is CC(C)NCCCNC(=O)[C@@H]1COc2ccccc2O1. The van der Waals surface area contributed by atoms with Gasteiger partial charge in [0.15, 0.2) is 11.5 Å². The van der Waals surface area contributed by atoms with E-state index < -0.39 is 6.10 Å². The Morgan fingerprint density at radius 1 is 1.30 bits per heavy atom. The third-order valence-corrected chi connectivity index (χ3v) is 3.01. The van der Waals surface area contributed by atoms with Crippen molar-refractivity contribution in [1.29, 1.82) is 0 Å². The molecular weight excluding hydrogens is 256 g/mol. The number of amides is 1. The van der Waals surface area contributed by atoms with Crippen molar-refractivity contribution >= 4 is 5.91 Å². The molecule has 0 spiro atoms. The maximum absolute atomic E-state index is 12.0. The van der Waals surface area contributed by atoms with Crippen molar-refractivity contribution < 1.29 is 14.3 Å². The molecule has 1 amide bonds. The molecule has 1 heterocycles. The minimum atomic E-state index is -0.567. The van der Waals surface area contributed by atoms with Crippen molar-refractivity contribution in [2.45, 2.75) is 32.4 Å². The zero-order chi connectivity index (χ0) is 14.4. The van der Waals surface area contributed by atoms with E-state index in [0.29, 0.717) is 24.1 Å². The molecule has 1 aromatic carbocycles. The highest BCUT2D eigenvalue weighted by Crippen LogP contribution is 2.30. The molecule has 0 aromatic heterocycles. The molecular formula is C15H22N2O3. The smallest absolute Gasteiger partial charge is 0.264 e. The number of carbonyl (C=O) groups excluding carboxylic acids is 1. The number of rotatable bonds is 6. The fourth-order valence-corrected chi connectivity index (χ4v) is 1.95. The summed E-state index contributed by atoms with van der Waals surface area (Å²) in [5, 5.41) is 6.18. The van der Waals surface area contributed by atoms with Crippen molar-refractivity contribution in [3.8, 4) is 11.5 Å². The van der Waals surface area contributed by atoms with Gasteiger partial charge in [-0.05, 0) is 25.1 Å². The molecule has 110 valence electrons. The number of ether oxygens (including phenoxy) is 2. The van der Waals surface area contributed by atoms with Crippen LogP contribution in [0.1, 0.15) is 20.3 Å². The molecule has 5 nitrogen and oxygen atoms in total. The van der Waals surface area contributed by atoms with Crippen LogP contribution in [0.2, 0.25) is 0 Å². The van der Waals surface area contributed by atoms with Gasteiger partial charge in [0.1, 0.15) is 6.61 Å². The second kappa shape index (κ2) is 7.14. The van der Waals surface area contributed by atoms with Crippen LogP contribution in [0, 0.1) is 0 Å². The highest BCUT2D eigenvalue weighted by molar-refractivity contribution is 5.81. The lowest BCUT2D eigenvalue weighted by molar-refractivity contribution is -0.130. The van der Waals surface area contributed by atoms with E-state index in [2.05, 4.69) is 24.5 Å². The Labute approximate surface area is 119 Å². The lowest BCUT2D eigenvalue weighted by atomic mass is 10.2. The van der Waals surface area contributed by atoms with Gasteiger partial charge in [-0.25, -0.2) is 0 Å². The molecule has 1 atom stereocenters. The lowest BCUT2D eigenvalue weighted by Gasteiger charge is -2.25. The maximum atomic E-state index is 12.0. The molecule has 1 aliphatic heterocycles. The minimum absolute atomic E-state index is 0.121. The van der Waals surface area contributed by atoms with E-state index in [1.807, 2.05) is 18.2 Å². The summed E-state index contributed by atoms with van der Waals surface area (Å²) in [6.45, 7) is 5.99. The van der Waals surface area contributed by atoms with Gasteiger partial charge in [-0.1, -0.05) is 26.0 Å². The van der Waals surface area contributed by atoms with Crippen LogP contribution in [-0.4, -0.2) is 37.7 Å². The quantitative estimate of drug-likeness (QED) is 0.771. The van der Waals surface area contributed by atoms with Gasteiger partial charge in [0, 0.05) is 12.6 Å². The number of benzene rings is 1. The van der Waals surface area contributed by atoms with Crippen molar-refractivity contribution in [2.24, 2.45) is 0 Å². The van der Waals surface area contributed by atoms with E-state index in [1.54, 1.807) is 6.07 Å². The summed E-state index contributed by atoms with van der Waals surface area (Å²) in [6, 6.07) is 7.85. The van der Waals surface area contributed by atoms with Gasteiger partial charge in [0.25, 0.3) is 5.91 Å². The van der Waals surface area contributed by atoms with Gasteiger partial charge in [0.2, 0.25) is 6.10 Å². The van der Waals surface area contributed by atoms with Gasteiger partial charge in [-0.15, -0.1) is 0 Å². The molecule has 0 saturated carbocycles. The van der Waals surface area contributed by atoms with Crippen molar-refractivity contribution in [1.82, 2.24) is 10.6 Å². The second-order valence-corrected chi connectivity index (χ2v) is 5.12. The van der Waals surface area contributed by atoms with Gasteiger partial charge >= 0.3 is 0 Å². The molecule has 1 aromatic rings. The molecule has 0 bridgehead atoms. The van der Waals surface area contributed by atoms with Gasteiger partial charge in [-0.2, -0.15) is 0 Å². The molecule has 0 saturated heterocycles.